The molecule has 1 amide bonds. The van der Waals surface area contributed by atoms with Crippen LogP contribution >= 0.6 is 0 Å². The minimum absolute atomic E-state index is 0.0177. The number of anilines is 2. The van der Waals surface area contributed by atoms with Crippen LogP contribution in [-0.4, -0.2) is 19.0 Å². The van der Waals surface area contributed by atoms with Crippen LogP contribution in [0.2, 0.25) is 0 Å². The van der Waals surface area contributed by atoms with Gasteiger partial charge in [0, 0.05) is 30.9 Å². The van der Waals surface area contributed by atoms with Crippen LogP contribution in [-0.2, 0) is 11.2 Å². The topological polar surface area (TPSA) is 69.3 Å². The number of nitriles is 1. The second-order valence-electron chi connectivity index (χ2n) is 6.40. The highest BCUT2D eigenvalue weighted by molar-refractivity contribution is 6.09. The Bertz CT molecular complexity index is 822. The Kier molecular flexibility index (Phi) is 5.75. The molecule has 0 saturated carbocycles. The molecule has 134 valence electrons. The van der Waals surface area contributed by atoms with Crippen LogP contribution in [0.5, 0.6) is 0 Å². The molecule has 0 unspecified atom stereocenters. The summed E-state index contributed by atoms with van der Waals surface area (Å²) < 4.78 is 5.80. The largest absolute Gasteiger partial charge is 0.441 e. The van der Waals surface area contributed by atoms with E-state index in [1.165, 1.54) is 18.1 Å². The molecule has 1 aromatic heterocycles. The number of carbonyl (C=O) groups is 1. The number of nitrogens with zero attached hydrogens (tertiary/aromatic N) is 2. The molecule has 1 N–H and O–H groups in total. The Balaban J connectivity index is 1.69. The maximum absolute atomic E-state index is 12.4. The number of furan rings is 1. The second kappa shape index (κ2) is 8.39. The number of benzene rings is 1. The van der Waals surface area contributed by atoms with E-state index in [0.29, 0.717) is 11.4 Å². The van der Waals surface area contributed by atoms with Crippen LogP contribution in [0.3, 0.4) is 0 Å². The smallest absolute Gasteiger partial charge is 0.266 e. The molecule has 1 aliphatic rings. The van der Waals surface area contributed by atoms with Gasteiger partial charge in [0.2, 0.25) is 0 Å². The highest BCUT2D eigenvalue weighted by atomic mass is 16.4. The van der Waals surface area contributed by atoms with Gasteiger partial charge in [0.1, 0.15) is 17.4 Å². The van der Waals surface area contributed by atoms with Crippen LogP contribution < -0.4 is 10.2 Å². The van der Waals surface area contributed by atoms with Crippen LogP contribution in [0.1, 0.15) is 37.5 Å². The van der Waals surface area contributed by atoms with Crippen LogP contribution in [0.15, 0.2) is 46.4 Å². The molecule has 1 fully saturated rings. The van der Waals surface area contributed by atoms with Crippen LogP contribution in [0.4, 0.5) is 11.6 Å². The molecule has 0 aliphatic carbocycles. The van der Waals surface area contributed by atoms with E-state index in [4.69, 9.17) is 4.42 Å². The number of carbonyl (C=O) groups excluding carboxylic acids is 1. The summed E-state index contributed by atoms with van der Waals surface area (Å²) in [5.74, 6) is 0.870. The van der Waals surface area contributed by atoms with Gasteiger partial charge < -0.3 is 14.6 Å². The highest BCUT2D eigenvalue weighted by Gasteiger charge is 2.15. The summed E-state index contributed by atoms with van der Waals surface area (Å²) in [5, 5.41) is 12.1. The van der Waals surface area contributed by atoms with Crippen molar-refractivity contribution in [1.82, 2.24) is 0 Å². The van der Waals surface area contributed by atoms with Gasteiger partial charge in [0.15, 0.2) is 5.88 Å². The van der Waals surface area contributed by atoms with Crippen molar-refractivity contribution in [2.45, 2.75) is 32.6 Å². The first-order valence-corrected chi connectivity index (χ1v) is 9.06. The summed E-state index contributed by atoms with van der Waals surface area (Å²) >= 11 is 0. The van der Waals surface area contributed by atoms with Gasteiger partial charge in [-0.1, -0.05) is 19.1 Å². The summed E-state index contributed by atoms with van der Waals surface area (Å²) in [6, 6.07) is 13.3. The number of rotatable bonds is 5. The van der Waals surface area contributed by atoms with Crippen molar-refractivity contribution in [2.24, 2.45) is 0 Å². The maximum Gasteiger partial charge on any atom is 0.266 e. The summed E-state index contributed by atoms with van der Waals surface area (Å²) in [5.41, 5.74) is 1.88. The van der Waals surface area contributed by atoms with E-state index in [1.54, 1.807) is 6.07 Å². The molecular formula is C21H23N3O2. The molecule has 1 aromatic carbocycles. The van der Waals surface area contributed by atoms with Gasteiger partial charge in [-0.25, -0.2) is 0 Å². The Morgan fingerprint density at radius 1 is 1.19 bits per heavy atom. The average Bonchev–Trinajstić information content (AvgIpc) is 3.16. The summed E-state index contributed by atoms with van der Waals surface area (Å²) in [4.78, 5) is 14.6. The Morgan fingerprint density at radius 3 is 2.58 bits per heavy atom. The van der Waals surface area contributed by atoms with Crippen molar-refractivity contribution in [1.29, 1.82) is 5.26 Å². The molecule has 0 atom stereocenters. The molecule has 2 heterocycles. The molecule has 1 aliphatic heterocycles. The Morgan fingerprint density at radius 2 is 1.92 bits per heavy atom. The van der Waals surface area contributed by atoms with E-state index in [1.807, 2.05) is 36.4 Å². The second-order valence-corrected chi connectivity index (χ2v) is 6.40. The third-order valence-corrected chi connectivity index (χ3v) is 4.55. The lowest BCUT2D eigenvalue weighted by molar-refractivity contribution is -0.112. The van der Waals surface area contributed by atoms with E-state index < -0.39 is 5.91 Å². The zero-order chi connectivity index (χ0) is 18.4. The predicted octanol–water partition coefficient (Wildman–Crippen LogP) is 4.38. The molecule has 3 rings (SSSR count). The predicted molar refractivity (Wildman–Crippen MR) is 103 cm³/mol. The lowest BCUT2D eigenvalue weighted by Gasteiger charge is -2.25. The molecular weight excluding hydrogens is 326 g/mol. The van der Waals surface area contributed by atoms with Gasteiger partial charge >= 0.3 is 0 Å². The monoisotopic (exact) mass is 349 g/mol. The Labute approximate surface area is 153 Å². The fraction of sp³-hybridized carbons (Fsp3) is 0.333. The normalized spacial score (nSPS) is 14.8. The molecule has 1 saturated heterocycles. The number of hydrogen-bond acceptors (Lipinski definition) is 4. The molecule has 2 aromatic rings. The average molecular weight is 349 g/mol. The fourth-order valence-electron chi connectivity index (χ4n) is 3.02. The lowest BCUT2D eigenvalue weighted by Crippen LogP contribution is -2.28. The van der Waals surface area contributed by atoms with Gasteiger partial charge in [-0.15, -0.1) is 0 Å². The minimum Gasteiger partial charge on any atom is -0.441 e. The molecule has 0 spiro atoms. The van der Waals surface area contributed by atoms with Crippen molar-refractivity contribution in [2.75, 3.05) is 23.3 Å². The highest BCUT2D eigenvalue weighted by Crippen LogP contribution is 2.24. The first-order chi connectivity index (χ1) is 12.7. The van der Waals surface area contributed by atoms with Crippen molar-refractivity contribution < 1.29 is 9.21 Å². The summed E-state index contributed by atoms with van der Waals surface area (Å²) in [7, 11) is 0. The first-order valence-electron chi connectivity index (χ1n) is 9.06. The van der Waals surface area contributed by atoms with Crippen molar-refractivity contribution in [3.63, 3.8) is 0 Å². The zero-order valence-corrected chi connectivity index (χ0v) is 15.0. The van der Waals surface area contributed by atoms with E-state index >= 15 is 0 Å². The number of nitrogens with one attached hydrogen (secondary N) is 1. The maximum atomic E-state index is 12.4. The van der Waals surface area contributed by atoms with E-state index in [-0.39, 0.29) is 5.57 Å². The Hall–Kier alpha value is -3.00. The van der Waals surface area contributed by atoms with Gasteiger partial charge in [0.25, 0.3) is 5.91 Å². The summed E-state index contributed by atoms with van der Waals surface area (Å²) in [6.07, 6.45) is 6.00. The van der Waals surface area contributed by atoms with E-state index in [0.717, 1.165) is 38.2 Å². The van der Waals surface area contributed by atoms with E-state index in [2.05, 4.69) is 17.1 Å². The minimum atomic E-state index is -0.437. The van der Waals surface area contributed by atoms with Crippen LogP contribution in [0.25, 0.3) is 6.08 Å². The molecule has 5 nitrogen and oxygen atoms in total. The van der Waals surface area contributed by atoms with Crippen molar-refractivity contribution in [3.8, 4) is 6.07 Å². The number of hydrogen-bond donors (Lipinski definition) is 1. The lowest BCUT2D eigenvalue weighted by atomic mass is 10.1. The van der Waals surface area contributed by atoms with Gasteiger partial charge in [-0.2, -0.15) is 5.26 Å². The van der Waals surface area contributed by atoms with Gasteiger partial charge in [-0.05, 0) is 49.4 Å². The quantitative estimate of drug-likeness (QED) is 0.642. The zero-order valence-electron chi connectivity index (χ0n) is 15.0. The fourth-order valence-corrected chi connectivity index (χ4v) is 3.02. The van der Waals surface area contributed by atoms with Crippen molar-refractivity contribution >= 4 is 23.6 Å². The third-order valence-electron chi connectivity index (χ3n) is 4.55. The van der Waals surface area contributed by atoms with Crippen molar-refractivity contribution in [3.05, 3.63) is 53.3 Å². The molecule has 0 bridgehead atoms. The van der Waals surface area contributed by atoms with Crippen LogP contribution in [0, 0.1) is 11.3 Å². The number of piperidine rings is 1. The first kappa shape index (κ1) is 17.8. The molecule has 5 heteroatoms. The van der Waals surface area contributed by atoms with E-state index in [9.17, 15) is 10.1 Å². The summed E-state index contributed by atoms with van der Waals surface area (Å²) in [6.45, 7) is 4.04. The SMILES string of the molecule is CCc1ccc(NC(=O)/C(C#N)=C/c2ccc(N3CCCCC3)o2)cc1. The molecule has 26 heavy (non-hydrogen) atoms. The van der Waals surface area contributed by atoms with Gasteiger partial charge in [-0.3, -0.25) is 4.79 Å². The standard InChI is InChI=1S/C21H23N3O2/c1-2-16-6-8-18(9-7-16)23-21(25)17(15-22)14-19-10-11-20(26-19)24-12-4-3-5-13-24/h6-11,14H,2-5,12-13H2,1H3,(H,23,25)/b17-14+. The number of amides is 1. The molecule has 0 radical (unpaired) electrons. The number of aryl methyl sites for hydroxylation is 1. The third kappa shape index (κ3) is 4.34. The van der Waals surface area contributed by atoms with Gasteiger partial charge in [0.05, 0.1) is 0 Å².